The molecule has 1 amide bonds. The maximum atomic E-state index is 11.8. The molecule has 1 aromatic rings. The molecule has 4 nitrogen and oxygen atoms in total. The molecule has 0 spiro atoms. The Hall–Kier alpha value is -0.840. The summed E-state index contributed by atoms with van der Waals surface area (Å²) in [6.45, 7) is 1.99. The number of halogens is 2. The summed E-state index contributed by atoms with van der Waals surface area (Å²) < 4.78 is 0. The van der Waals surface area contributed by atoms with Crippen LogP contribution in [0.5, 0.6) is 0 Å². The van der Waals surface area contributed by atoms with Gasteiger partial charge in [-0.15, -0.1) is 0 Å². The van der Waals surface area contributed by atoms with Gasteiger partial charge in [0.15, 0.2) is 0 Å². The monoisotopic (exact) mass is 276 g/mol. The van der Waals surface area contributed by atoms with Gasteiger partial charge in [0.2, 0.25) is 0 Å². The van der Waals surface area contributed by atoms with Crippen LogP contribution in [-0.2, 0) is 0 Å². The average Bonchev–Trinajstić information content (AvgIpc) is 2.30. The quantitative estimate of drug-likeness (QED) is 0.812. The first kappa shape index (κ1) is 14.2. The van der Waals surface area contributed by atoms with Crippen molar-refractivity contribution in [2.75, 3.05) is 6.61 Å². The van der Waals surface area contributed by atoms with E-state index in [1.807, 2.05) is 6.92 Å². The molecule has 1 rings (SSSR count). The highest BCUT2D eigenvalue weighted by Crippen LogP contribution is 2.19. The third kappa shape index (κ3) is 4.50. The molecule has 0 aromatic carbocycles. The zero-order valence-corrected chi connectivity index (χ0v) is 10.9. The maximum absolute atomic E-state index is 11.8. The van der Waals surface area contributed by atoms with Crippen LogP contribution in [-0.4, -0.2) is 28.6 Å². The fraction of sp³-hybridized carbons (Fsp3) is 0.455. The van der Waals surface area contributed by atoms with E-state index in [0.717, 1.165) is 6.42 Å². The lowest BCUT2D eigenvalue weighted by atomic mass is 10.1. The van der Waals surface area contributed by atoms with E-state index in [1.165, 1.54) is 12.3 Å². The molecule has 0 bridgehead atoms. The van der Waals surface area contributed by atoms with Crippen LogP contribution in [0.2, 0.25) is 10.2 Å². The predicted octanol–water partition coefficient (Wildman–Crippen LogP) is 2.28. The van der Waals surface area contributed by atoms with E-state index in [9.17, 15) is 4.79 Å². The van der Waals surface area contributed by atoms with E-state index >= 15 is 0 Å². The number of nitrogens with one attached hydrogen (secondary N) is 1. The van der Waals surface area contributed by atoms with Crippen LogP contribution in [0.4, 0.5) is 0 Å². The first-order valence-electron chi connectivity index (χ1n) is 5.27. The lowest BCUT2D eigenvalue weighted by Crippen LogP contribution is -2.32. The van der Waals surface area contributed by atoms with Gasteiger partial charge in [-0.3, -0.25) is 4.79 Å². The first-order valence-corrected chi connectivity index (χ1v) is 6.03. The number of hydrogen-bond donors (Lipinski definition) is 2. The van der Waals surface area contributed by atoms with Crippen molar-refractivity contribution in [1.82, 2.24) is 10.3 Å². The summed E-state index contributed by atoms with van der Waals surface area (Å²) in [5, 5.41) is 11.9. The third-order valence-corrected chi connectivity index (χ3v) is 2.92. The highest BCUT2D eigenvalue weighted by atomic mass is 35.5. The van der Waals surface area contributed by atoms with Crippen LogP contribution in [0.15, 0.2) is 12.3 Å². The van der Waals surface area contributed by atoms with Gasteiger partial charge in [-0.25, -0.2) is 4.98 Å². The van der Waals surface area contributed by atoms with Gasteiger partial charge in [0.25, 0.3) is 5.91 Å². The summed E-state index contributed by atoms with van der Waals surface area (Å²) in [4.78, 5) is 15.6. The Morgan fingerprint density at radius 3 is 2.88 bits per heavy atom. The summed E-state index contributed by atoms with van der Waals surface area (Å²) in [5.74, 6) is -0.249. The molecule has 0 saturated carbocycles. The molecule has 2 N–H and O–H groups in total. The van der Waals surface area contributed by atoms with E-state index in [1.54, 1.807) is 0 Å². The van der Waals surface area contributed by atoms with Crippen LogP contribution in [0.3, 0.4) is 0 Å². The number of aromatic nitrogens is 1. The molecule has 1 aromatic heterocycles. The summed E-state index contributed by atoms with van der Waals surface area (Å²) in [6, 6.07) is 1.47. The zero-order valence-electron chi connectivity index (χ0n) is 9.41. The fourth-order valence-corrected chi connectivity index (χ4v) is 1.59. The molecule has 94 valence electrons. The summed E-state index contributed by atoms with van der Waals surface area (Å²) in [5.41, 5.74) is 0.371. The van der Waals surface area contributed by atoms with Crippen molar-refractivity contribution in [3.63, 3.8) is 0 Å². The summed E-state index contributed by atoms with van der Waals surface area (Å²) >= 11 is 11.4. The molecule has 0 aliphatic rings. The van der Waals surface area contributed by atoms with Crippen molar-refractivity contribution in [2.24, 2.45) is 0 Å². The average molecular weight is 277 g/mol. The molecule has 1 atom stereocenters. The topological polar surface area (TPSA) is 62.2 Å². The van der Waals surface area contributed by atoms with Crippen molar-refractivity contribution < 1.29 is 9.90 Å². The molecule has 0 aliphatic heterocycles. The van der Waals surface area contributed by atoms with E-state index in [2.05, 4.69) is 10.3 Å². The molecule has 0 aliphatic carbocycles. The van der Waals surface area contributed by atoms with Crippen LogP contribution in [0.25, 0.3) is 0 Å². The van der Waals surface area contributed by atoms with Crippen molar-refractivity contribution >= 4 is 29.1 Å². The Labute approximate surface area is 110 Å². The van der Waals surface area contributed by atoms with Gasteiger partial charge in [0.1, 0.15) is 5.15 Å². The van der Waals surface area contributed by atoms with Crippen molar-refractivity contribution in [3.8, 4) is 0 Å². The number of amides is 1. The van der Waals surface area contributed by atoms with Crippen LogP contribution >= 0.6 is 23.2 Å². The number of nitrogens with zero attached hydrogens (tertiary/aromatic N) is 1. The minimum absolute atomic E-state index is 0.0101. The smallest absolute Gasteiger partial charge is 0.253 e. The van der Waals surface area contributed by atoms with Gasteiger partial charge >= 0.3 is 0 Å². The lowest BCUT2D eigenvalue weighted by molar-refractivity contribution is 0.0936. The molecule has 1 heterocycles. The second-order valence-corrected chi connectivity index (χ2v) is 4.50. The number of pyridine rings is 1. The lowest BCUT2D eigenvalue weighted by Gasteiger charge is -2.13. The Morgan fingerprint density at radius 2 is 2.29 bits per heavy atom. The van der Waals surface area contributed by atoms with Crippen molar-refractivity contribution in [1.29, 1.82) is 0 Å². The Balaban J connectivity index is 2.60. The van der Waals surface area contributed by atoms with E-state index < -0.39 is 0 Å². The number of rotatable bonds is 5. The van der Waals surface area contributed by atoms with Crippen molar-refractivity contribution in [3.05, 3.63) is 28.0 Å². The minimum Gasteiger partial charge on any atom is -0.396 e. The molecule has 0 radical (unpaired) electrons. The highest BCUT2D eigenvalue weighted by Gasteiger charge is 2.11. The van der Waals surface area contributed by atoms with Gasteiger partial charge in [0.05, 0.1) is 10.6 Å². The van der Waals surface area contributed by atoms with E-state index in [-0.39, 0.29) is 28.7 Å². The Kier molecular flexibility index (Phi) is 5.68. The molecular weight excluding hydrogens is 263 g/mol. The molecular formula is C11H14Cl2N2O2. The maximum Gasteiger partial charge on any atom is 0.253 e. The summed E-state index contributed by atoms with van der Waals surface area (Å²) in [7, 11) is 0. The third-order valence-electron chi connectivity index (χ3n) is 2.23. The zero-order chi connectivity index (χ0) is 12.8. The predicted molar refractivity (Wildman–Crippen MR) is 67.5 cm³/mol. The van der Waals surface area contributed by atoms with Crippen molar-refractivity contribution in [2.45, 2.75) is 25.8 Å². The Bertz CT molecular complexity index is 399. The molecule has 0 saturated heterocycles. The van der Waals surface area contributed by atoms with E-state index in [0.29, 0.717) is 12.0 Å². The minimum atomic E-state index is -0.249. The van der Waals surface area contributed by atoms with Crippen LogP contribution < -0.4 is 5.32 Å². The Morgan fingerprint density at radius 1 is 1.59 bits per heavy atom. The van der Waals surface area contributed by atoms with Gasteiger partial charge in [0, 0.05) is 18.8 Å². The largest absolute Gasteiger partial charge is 0.396 e. The van der Waals surface area contributed by atoms with Gasteiger partial charge in [-0.1, -0.05) is 23.2 Å². The second-order valence-electron chi connectivity index (χ2n) is 3.74. The first-order chi connectivity index (χ1) is 8.04. The second kappa shape index (κ2) is 6.79. The fourth-order valence-electron chi connectivity index (χ4n) is 1.32. The van der Waals surface area contributed by atoms with Gasteiger partial charge in [-0.2, -0.15) is 0 Å². The molecule has 0 fully saturated rings. The van der Waals surface area contributed by atoms with Gasteiger partial charge < -0.3 is 10.4 Å². The van der Waals surface area contributed by atoms with Gasteiger partial charge in [-0.05, 0) is 25.8 Å². The normalized spacial score (nSPS) is 12.2. The molecule has 6 heteroatoms. The highest BCUT2D eigenvalue weighted by molar-refractivity contribution is 6.41. The van der Waals surface area contributed by atoms with E-state index in [4.69, 9.17) is 28.3 Å². The van der Waals surface area contributed by atoms with Crippen LogP contribution in [0.1, 0.15) is 30.1 Å². The number of aliphatic hydroxyl groups is 1. The number of hydrogen-bond acceptors (Lipinski definition) is 3. The molecule has 17 heavy (non-hydrogen) atoms. The summed E-state index contributed by atoms with van der Waals surface area (Å²) in [6.07, 6.45) is 2.75. The standard InChI is InChI=1S/C11H14Cl2N2O2/c1-7(3-2-4-16)15-11(17)8-5-9(12)10(13)14-6-8/h5-7,16H,2-4H2,1H3,(H,15,17). The number of aliphatic hydroxyl groups excluding tert-OH is 1. The molecule has 1 unspecified atom stereocenters. The van der Waals surface area contributed by atoms with Crippen LogP contribution in [0, 0.1) is 0 Å². The SMILES string of the molecule is CC(CCCO)NC(=O)c1cnc(Cl)c(Cl)c1. The number of carbonyl (C=O) groups excluding carboxylic acids is 1. The number of carbonyl (C=O) groups is 1.